The summed E-state index contributed by atoms with van der Waals surface area (Å²) in [4.78, 5) is 2.59. The van der Waals surface area contributed by atoms with Gasteiger partial charge in [-0.25, -0.2) is 0 Å². The number of aryl methyl sites for hydroxylation is 2. The largest absolute Gasteiger partial charge is 0.312 e. The Morgan fingerprint density at radius 1 is 1.39 bits per heavy atom. The zero-order chi connectivity index (χ0) is 13.1. The average Bonchev–Trinajstić information content (AvgIpc) is 2.72. The molecule has 1 aliphatic rings. The van der Waals surface area contributed by atoms with Crippen molar-refractivity contribution in [3.63, 3.8) is 0 Å². The molecule has 0 radical (unpaired) electrons. The molecule has 2 nitrogen and oxygen atoms in total. The van der Waals surface area contributed by atoms with Crippen molar-refractivity contribution in [1.29, 1.82) is 0 Å². The summed E-state index contributed by atoms with van der Waals surface area (Å²) in [6, 6.07) is 7.24. The molecule has 0 bridgehead atoms. The van der Waals surface area contributed by atoms with Gasteiger partial charge in [0.1, 0.15) is 0 Å². The number of likely N-dealkylation sites (tertiary alicyclic amines) is 1. The quantitative estimate of drug-likeness (QED) is 0.879. The minimum Gasteiger partial charge on any atom is -0.312 e. The van der Waals surface area contributed by atoms with Gasteiger partial charge in [-0.1, -0.05) is 30.7 Å². The maximum Gasteiger partial charge on any atom is 0.0449 e. The first-order chi connectivity index (χ1) is 8.60. The normalized spacial score (nSPS) is 22.3. The average molecular weight is 246 g/mol. The lowest BCUT2D eigenvalue weighted by atomic mass is 9.99. The van der Waals surface area contributed by atoms with Gasteiger partial charge < -0.3 is 10.2 Å². The Bertz CT molecular complexity index is 400. The first-order valence-electron chi connectivity index (χ1n) is 7.07. The molecular weight excluding hydrogens is 220 g/mol. The smallest absolute Gasteiger partial charge is 0.0449 e. The van der Waals surface area contributed by atoms with Crippen LogP contribution in [0.15, 0.2) is 18.2 Å². The number of rotatable bonds is 4. The van der Waals surface area contributed by atoms with Crippen LogP contribution in [0.4, 0.5) is 0 Å². The standard InChI is InChI=1S/C16H26N2/c1-12-5-6-15(14(3)9-12)16(17-4)11-18-8-7-13(2)10-18/h5-6,9,13,16-17H,7-8,10-11H2,1-4H3. The number of hydrogen-bond donors (Lipinski definition) is 1. The monoisotopic (exact) mass is 246 g/mol. The lowest BCUT2D eigenvalue weighted by molar-refractivity contribution is 0.290. The van der Waals surface area contributed by atoms with Gasteiger partial charge in [0.05, 0.1) is 0 Å². The van der Waals surface area contributed by atoms with E-state index < -0.39 is 0 Å². The summed E-state index contributed by atoms with van der Waals surface area (Å²) in [5.41, 5.74) is 4.20. The highest BCUT2D eigenvalue weighted by molar-refractivity contribution is 5.33. The Balaban J connectivity index is 2.08. The van der Waals surface area contributed by atoms with E-state index in [1.807, 2.05) is 0 Å². The van der Waals surface area contributed by atoms with Gasteiger partial charge in [-0.15, -0.1) is 0 Å². The molecule has 1 aliphatic heterocycles. The lowest BCUT2D eigenvalue weighted by Crippen LogP contribution is -2.32. The minimum absolute atomic E-state index is 0.455. The van der Waals surface area contributed by atoms with E-state index in [0.717, 1.165) is 12.5 Å². The molecule has 18 heavy (non-hydrogen) atoms. The first-order valence-corrected chi connectivity index (χ1v) is 7.07. The van der Waals surface area contributed by atoms with Gasteiger partial charge in [0.2, 0.25) is 0 Å². The molecule has 0 aromatic heterocycles. The number of likely N-dealkylation sites (N-methyl/N-ethyl adjacent to an activating group) is 1. The Hall–Kier alpha value is -0.860. The van der Waals surface area contributed by atoms with Crippen LogP contribution >= 0.6 is 0 Å². The van der Waals surface area contributed by atoms with Crippen LogP contribution in [0.3, 0.4) is 0 Å². The first kappa shape index (κ1) is 13.6. The molecule has 1 saturated heterocycles. The lowest BCUT2D eigenvalue weighted by Gasteiger charge is -2.25. The minimum atomic E-state index is 0.455. The molecule has 2 heteroatoms. The maximum atomic E-state index is 3.48. The summed E-state index contributed by atoms with van der Waals surface area (Å²) >= 11 is 0. The molecule has 1 fully saturated rings. The van der Waals surface area contributed by atoms with Gasteiger partial charge in [0.25, 0.3) is 0 Å². The van der Waals surface area contributed by atoms with Gasteiger partial charge >= 0.3 is 0 Å². The second kappa shape index (κ2) is 5.85. The van der Waals surface area contributed by atoms with E-state index in [9.17, 15) is 0 Å². The number of nitrogens with one attached hydrogen (secondary N) is 1. The Labute approximate surface area is 111 Å². The Kier molecular flexibility index (Phi) is 4.41. The van der Waals surface area contributed by atoms with Crippen LogP contribution in [0.25, 0.3) is 0 Å². The van der Waals surface area contributed by atoms with Gasteiger partial charge in [0.15, 0.2) is 0 Å². The highest BCUT2D eigenvalue weighted by Crippen LogP contribution is 2.23. The highest BCUT2D eigenvalue weighted by atomic mass is 15.2. The SMILES string of the molecule is CNC(CN1CCC(C)C1)c1ccc(C)cc1C. The number of nitrogens with zero attached hydrogens (tertiary/aromatic N) is 1. The molecular formula is C16H26N2. The summed E-state index contributed by atoms with van der Waals surface area (Å²) in [7, 11) is 2.07. The molecule has 2 rings (SSSR count). The molecule has 0 saturated carbocycles. The van der Waals surface area contributed by atoms with E-state index >= 15 is 0 Å². The van der Waals surface area contributed by atoms with E-state index in [1.165, 1.54) is 36.2 Å². The third-order valence-corrected chi connectivity index (χ3v) is 4.10. The molecule has 0 aliphatic carbocycles. The van der Waals surface area contributed by atoms with Crippen LogP contribution in [0.1, 0.15) is 36.1 Å². The summed E-state index contributed by atoms with van der Waals surface area (Å²) in [6.07, 6.45) is 1.35. The third kappa shape index (κ3) is 3.12. The van der Waals surface area contributed by atoms with E-state index in [1.54, 1.807) is 0 Å². The van der Waals surface area contributed by atoms with E-state index in [-0.39, 0.29) is 0 Å². The molecule has 1 aromatic carbocycles. The van der Waals surface area contributed by atoms with Crippen LogP contribution < -0.4 is 5.32 Å². The molecule has 2 atom stereocenters. The predicted octanol–water partition coefficient (Wildman–Crippen LogP) is 2.91. The van der Waals surface area contributed by atoms with Gasteiger partial charge in [-0.3, -0.25) is 0 Å². The molecule has 0 spiro atoms. The highest BCUT2D eigenvalue weighted by Gasteiger charge is 2.22. The van der Waals surface area contributed by atoms with Crippen LogP contribution in [0.5, 0.6) is 0 Å². The van der Waals surface area contributed by atoms with Crippen molar-refractivity contribution in [2.75, 3.05) is 26.7 Å². The predicted molar refractivity (Wildman–Crippen MR) is 77.9 cm³/mol. The zero-order valence-electron chi connectivity index (χ0n) is 12.2. The van der Waals surface area contributed by atoms with Crippen LogP contribution in [0, 0.1) is 19.8 Å². The fraction of sp³-hybridized carbons (Fsp3) is 0.625. The van der Waals surface area contributed by atoms with Crippen LogP contribution in [-0.2, 0) is 0 Å². The number of hydrogen-bond acceptors (Lipinski definition) is 2. The van der Waals surface area contributed by atoms with Crippen molar-refractivity contribution in [3.8, 4) is 0 Å². The number of benzene rings is 1. The fourth-order valence-electron chi connectivity index (χ4n) is 3.01. The fourth-order valence-corrected chi connectivity index (χ4v) is 3.01. The summed E-state index contributed by atoms with van der Waals surface area (Å²) in [6.45, 7) is 10.4. The van der Waals surface area contributed by atoms with E-state index in [0.29, 0.717) is 6.04 Å². The third-order valence-electron chi connectivity index (χ3n) is 4.10. The van der Waals surface area contributed by atoms with E-state index in [2.05, 4.69) is 56.2 Å². The van der Waals surface area contributed by atoms with Crippen molar-refractivity contribution < 1.29 is 0 Å². The topological polar surface area (TPSA) is 15.3 Å². The Morgan fingerprint density at radius 3 is 2.72 bits per heavy atom. The maximum absolute atomic E-state index is 3.48. The summed E-state index contributed by atoms with van der Waals surface area (Å²) in [5.74, 6) is 0.863. The Morgan fingerprint density at radius 2 is 2.17 bits per heavy atom. The second-order valence-electron chi connectivity index (χ2n) is 5.85. The van der Waals surface area contributed by atoms with Crippen LogP contribution in [-0.4, -0.2) is 31.6 Å². The molecule has 2 unspecified atom stereocenters. The van der Waals surface area contributed by atoms with Gasteiger partial charge in [-0.05, 0) is 50.9 Å². The van der Waals surface area contributed by atoms with Gasteiger partial charge in [0, 0.05) is 19.1 Å². The molecule has 1 heterocycles. The molecule has 1 N–H and O–H groups in total. The van der Waals surface area contributed by atoms with E-state index in [4.69, 9.17) is 0 Å². The molecule has 0 amide bonds. The summed E-state index contributed by atoms with van der Waals surface area (Å²) in [5, 5.41) is 3.48. The zero-order valence-corrected chi connectivity index (χ0v) is 12.2. The van der Waals surface area contributed by atoms with Crippen molar-refractivity contribution in [1.82, 2.24) is 10.2 Å². The second-order valence-corrected chi connectivity index (χ2v) is 5.85. The van der Waals surface area contributed by atoms with Gasteiger partial charge in [-0.2, -0.15) is 0 Å². The molecule has 100 valence electrons. The summed E-state index contributed by atoms with van der Waals surface area (Å²) < 4.78 is 0. The molecule has 1 aromatic rings. The van der Waals surface area contributed by atoms with Crippen LogP contribution in [0.2, 0.25) is 0 Å². The van der Waals surface area contributed by atoms with Crippen molar-refractivity contribution >= 4 is 0 Å². The van der Waals surface area contributed by atoms with Crippen molar-refractivity contribution in [2.45, 2.75) is 33.2 Å². The van der Waals surface area contributed by atoms with Crippen molar-refractivity contribution in [2.24, 2.45) is 5.92 Å². The van der Waals surface area contributed by atoms with Crippen molar-refractivity contribution in [3.05, 3.63) is 34.9 Å².